The number of H-pyrrole nitrogens is 1. The number of benzene rings is 1. The zero-order chi connectivity index (χ0) is 21.4. The number of aromatic nitrogens is 2. The summed E-state index contributed by atoms with van der Waals surface area (Å²) in [5.74, 6) is -0.0575. The van der Waals surface area contributed by atoms with Crippen LogP contribution >= 0.6 is 0 Å². The first-order valence-corrected chi connectivity index (χ1v) is 10.4. The molecule has 0 saturated carbocycles. The fourth-order valence-corrected chi connectivity index (χ4v) is 4.48. The molecule has 5 rings (SSSR count). The number of fused-ring (bicyclic) bond motifs is 1. The first kappa shape index (κ1) is 19.7. The molecule has 1 aromatic carbocycles. The van der Waals surface area contributed by atoms with Crippen LogP contribution in [0, 0.1) is 0 Å². The summed E-state index contributed by atoms with van der Waals surface area (Å²) in [5, 5.41) is 3.89. The Morgan fingerprint density at radius 3 is 2.84 bits per heavy atom. The van der Waals surface area contributed by atoms with Gasteiger partial charge in [0.05, 0.1) is 25.3 Å². The summed E-state index contributed by atoms with van der Waals surface area (Å²) in [6.07, 6.45) is 5.22. The van der Waals surface area contributed by atoms with E-state index in [-0.39, 0.29) is 17.9 Å². The number of amides is 2. The van der Waals surface area contributed by atoms with Crippen molar-refractivity contribution in [3.8, 4) is 0 Å². The first-order chi connectivity index (χ1) is 15.0. The van der Waals surface area contributed by atoms with E-state index in [1.807, 2.05) is 53.2 Å². The van der Waals surface area contributed by atoms with Crippen molar-refractivity contribution in [1.29, 1.82) is 0 Å². The molecule has 2 fully saturated rings. The van der Waals surface area contributed by atoms with Gasteiger partial charge in [0.2, 0.25) is 5.91 Å². The number of carbonyl (C=O) groups excluding carboxylic acids is 2. The molecular formula is C23H25N5O3. The van der Waals surface area contributed by atoms with E-state index < -0.39 is 5.60 Å². The molecule has 2 aliphatic heterocycles. The monoisotopic (exact) mass is 419 g/mol. The number of hydrogen-bond donors (Lipinski definition) is 2. The lowest BCUT2D eigenvalue weighted by Gasteiger charge is -2.54. The van der Waals surface area contributed by atoms with E-state index in [1.54, 1.807) is 18.6 Å². The number of likely N-dealkylation sites (tertiary alicyclic amines) is 1. The predicted octanol–water partition coefficient (Wildman–Crippen LogP) is 1.40. The minimum absolute atomic E-state index is 0.00525. The number of ether oxygens (including phenoxy) is 1. The summed E-state index contributed by atoms with van der Waals surface area (Å²) in [7, 11) is 1.93. The number of likely N-dealkylation sites (N-methyl/N-ethyl adjacent to an activating group) is 1. The lowest BCUT2D eigenvalue weighted by Crippen LogP contribution is -2.73. The Balaban J connectivity index is 1.17. The third kappa shape index (κ3) is 3.68. The Kier molecular flexibility index (Phi) is 4.95. The molecule has 4 heterocycles. The normalized spacial score (nSPS) is 20.5. The van der Waals surface area contributed by atoms with Crippen molar-refractivity contribution < 1.29 is 14.3 Å². The third-order valence-corrected chi connectivity index (χ3v) is 6.17. The van der Waals surface area contributed by atoms with Crippen LogP contribution in [-0.2, 0) is 16.1 Å². The quantitative estimate of drug-likeness (QED) is 0.667. The van der Waals surface area contributed by atoms with Crippen LogP contribution in [0.15, 0.2) is 55.0 Å². The van der Waals surface area contributed by atoms with Crippen molar-refractivity contribution >= 4 is 22.7 Å². The standard InChI is InChI=1S/C23H25N5O3/c1-27-13-23(31-12-20(27)21(29)26-10-16-5-4-8-24-9-16)14-28(15-23)22(30)18-11-25-19-7-3-2-6-17(18)19/h2-9,11,20,25H,10,12-15H2,1H3,(H,26,29)/t20-/m0/s1. The van der Waals surface area contributed by atoms with Gasteiger partial charge in [-0.15, -0.1) is 0 Å². The van der Waals surface area contributed by atoms with E-state index in [0.29, 0.717) is 38.3 Å². The lowest BCUT2D eigenvalue weighted by molar-refractivity contribution is -0.187. The van der Waals surface area contributed by atoms with Crippen LogP contribution in [-0.4, -0.2) is 76.5 Å². The summed E-state index contributed by atoms with van der Waals surface area (Å²) in [4.78, 5) is 36.7. The highest BCUT2D eigenvalue weighted by Gasteiger charge is 2.51. The van der Waals surface area contributed by atoms with Crippen molar-refractivity contribution in [2.45, 2.75) is 18.2 Å². The van der Waals surface area contributed by atoms with Crippen molar-refractivity contribution in [1.82, 2.24) is 25.1 Å². The molecule has 8 heteroatoms. The molecule has 0 aliphatic carbocycles. The van der Waals surface area contributed by atoms with Gasteiger partial charge in [-0.1, -0.05) is 24.3 Å². The Labute approximate surface area is 180 Å². The van der Waals surface area contributed by atoms with E-state index >= 15 is 0 Å². The van der Waals surface area contributed by atoms with Crippen molar-refractivity contribution in [3.05, 3.63) is 66.1 Å². The van der Waals surface area contributed by atoms with Crippen LogP contribution in [0.5, 0.6) is 0 Å². The van der Waals surface area contributed by atoms with Gasteiger partial charge in [-0.2, -0.15) is 0 Å². The molecule has 2 amide bonds. The van der Waals surface area contributed by atoms with Crippen LogP contribution in [0.25, 0.3) is 10.9 Å². The number of pyridine rings is 1. The van der Waals surface area contributed by atoms with Crippen LogP contribution in [0.3, 0.4) is 0 Å². The number of para-hydroxylation sites is 1. The molecule has 8 nitrogen and oxygen atoms in total. The molecule has 1 spiro atoms. The highest BCUT2D eigenvalue weighted by atomic mass is 16.5. The molecule has 2 aromatic heterocycles. The van der Waals surface area contributed by atoms with Gasteiger partial charge in [0.1, 0.15) is 11.6 Å². The van der Waals surface area contributed by atoms with E-state index in [1.165, 1.54) is 0 Å². The maximum atomic E-state index is 13.0. The predicted molar refractivity (Wildman–Crippen MR) is 115 cm³/mol. The molecule has 31 heavy (non-hydrogen) atoms. The molecule has 0 radical (unpaired) electrons. The molecule has 1 atom stereocenters. The van der Waals surface area contributed by atoms with Crippen LogP contribution in [0.2, 0.25) is 0 Å². The smallest absolute Gasteiger partial charge is 0.256 e. The number of carbonyl (C=O) groups is 2. The topological polar surface area (TPSA) is 90.6 Å². The second kappa shape index (κ2) is 7.79. The average Bonchev–Trinajstić information content (AvgIpc) is 3.20. The largest absolute Gasteiger partial charge is 0.368 e. The number of hydrogen-bond acceptors (Lipinski definition) is 5. The maximum Gasteiger partial charge on any atom is 0.256 e. The minimum Gasteiger partial charge on any atom is -0.368 e. The minimum atomic E-state index is -0.406. The molecule has 3 aromatic rings. The van der Waals surface area contributed by atoms with Crippen LogP contribution in [0.4, 0.5) is 0 Å². The summed E-state index contributed by atoms with van der Waals surface area (Å²) < 4.78 is 6.13. The summed E-state index contributed by atoms with van der Waals surface area (Å²) >= 11 is 0. The molecule has 2 saturated heterocycles. The fraction of sp³-hybridized carbons (Fsp3) is 0.348. The van der Waals surface area contributed by atoms with Gasteiger partial charge in [0.15, 0.2) is 0 Å². The zero-order valence-corrected chi connectivity index (χ0v) is 17.4. The van der Waals surface area contributed by atoms with Gasteiger partial charge in [0.25, 0.3) is 5.91 Å². The Morgan fingerprint density at radius 2 is 2.06 bits per heavy atom. The van der Waals surface area contributed by atoms with Gasteiger partial charge >= 0.3 is 0 Å². The second-order valence-electron chi connectivity index (χ2n) is 8.41. The third-order valence-electron chi connectivity index (χ3n) is 6.17. The van der Waals surface area contributed by atoms with Gasteiger partial charge in [-0.25, -0.2) is 0 Å². The van der Waals surface area contributed by atoms with Gasteiger partial charge < -0.3 is 19.9 Å². The van der Waals surface area contributed by atoms with Crippen LogP contribution in [0.1, 0.15) is 15.9 Å². The van der Waals surface area contributed by atoms with E-state index in [4.69, 9.17) is 4.74 Å². The van der Waals surface area contributed by atoms with Gasteiger partial charge in [-0.3, -0.25) is 19.5 Å². The number of nitrogens with zero attached hydrogens (tertiary/aromatic N) is 3. The van der Waals surface area contributed by atoms with E-state index in [9.17, 15) is 9.59 Å². The molecule has 2 aliphatic rings. The molecular weight excluding hydrogens is 394 g/mol. The molecule has 2 N–H and O–H groups in total. The number of aromatic amines is 1. The Bertz CT molecular complexity index is 1110. The summed E-state index contributed by atoms with van der Waals surface area (Å²) in [6.45, 7) is 2.41. The Morgan fingerprint density at radius 1 is 1.23 bits per heavy atom. The fourth-order valence-electron chi connectivity index (χ4n) is 4.48. The van der Waals surface area contributed by atoms with E-state index in [0.717, 1.165) is 16.5 Å². The van der Waals surface area contributed by atoms with Gasteiger partial charge in [0, 0.05) is 42.6 Å². The summed E-state index contributed by atoms with van der Waals surface area (Å²) in [5.41, 5.74) is 2.19. The van der Waals surface area contributed by atoms with Crippen molar-refractivity contribution in [2.75, 3.05) is 33.3 Å². The second-order valence-corrected chi connectivity index (χ2v) is 8.41. The number of rotatable bonds is 4. The number of morpholine rings is 1. The van der Waals surface area contributed by atoms with Gasteiger partial charge in [-0.05, 0) is 24.7 Å². The SMILES string of the molecule is CN1CC2(CN(C(=O)c3c[nH]c4ccccc34)C2)OC[C@H]1C(=O)NCc1cccnc1. The first-order valence-electron chi connectivity index (χ1n) is 10.4. The molecule has 0 unspecified atom stereocenters. The molecule has 160 valence electrons. The number of nitrogens with one attached hydrogen (secondary N) is 2. The maximum absolute atomic E-state index is 13.0. The van der Waals surface area contributed by atoms with E-state index in [2.05, 4.69) is 15.3 Å². The Hall–Kier alpha value is -3.23. The van der Waals surface area contributed by atoms with Crippen molar-refractivity contribution in [2.24, 2.45) is 0 Å². The summed E-state index contributed by atoms with van der Waals surface area (Å²) in [6, 6.07) is 11.2. The average molecular weight is 419 g/mol. The zero-order valence-electron chi connectivity index (χ0n) is 17.4. The van der Waals surface area contributed by atoms with Crippen molar-refractivity contribution in [3.63, 3.8) is 0 Å². The lowest BCUT2D eigenvalue weighted by atomic mass is 9.90. The highest BCUT2D eigenvalue weighted by Crippen LogP contribution is 2.32. The molecule has 0 bridgehead atoms. The van der Waals surface area contributed by atoms with Crippen LogP contribution < -0.4 is 5.32 Å². The highest BCUT2D eigenvalue weighted by molar-refractivity contribution is 6.07.